The zero-order chi connectivity index (χ0) is 15.6. The van der Waals surface area contributed by atoms with Gasteiger partial charge in [-0.25, -0.2) is 9.79 Å². The van der Waals surface area contributed by atoms with Crippen LogP contribution >= 0.6 is 0 Å². The molecule has 1 atom stereocenters. The van der Waals surface area contributed by atoms with Gasteiger partial charge in [0.15, 0.2) is 5.54 Å². The van der Waals surface area contributed by atoms with Gasteiger partial charge in [-0.05, 0) is 18.1 Å². The van der Waals surface area contributed by atoms with Crippen molar-refractivity contribution in [3.05, 3.63) is 72.4 Å². The van der Waals surface area contributed by atoms with E-state index in [1.54, 1.807) is 0 Å². The summed E-state index contributed by atoms with van der Waals surface area (Å²) < 4.78 is 5.54. The van der Waals surface area contributed by atoms with Crippen molar-refractivity contribution in [2.75, 3.05) is 0 Å². The number of cyclic esters (lactones) is 1. The Hall–Kier alpha value is -2.42. The number of nitrogens with zero attached hydrogens (tertiary/aromatic N) is 1. The van der Waals surface area contributed by atoms with Crippen molar-refractivity contribution in [2.24, 2.45) is 16.8 Å². The van der Waals surface area contributed by atoms with Crippen molar-refractivity contribution < 1.29 is 9.53 Å². The van der Waals surface area contributed by atoms with Crippen LogP contribution in [-0.2, 0) is 9.53 Å². The van der Waals surface area contributed by atoms with E-state index in [1.807, 2.05) is 80.6 Å². The number of benzene rings is 1. The van der Waals surface area contributed by atoms with E-state index in [4.69, 9.17) is 9.73 Å². The summed E-state index contributed by atoms with van der Waals surface area (Å²) >= 11 is 0. The topological polar surface area (TPSA) is 38.7 Å². The third kappa shape index (κ3) is 2.33. The second-order valence-electron chi connectivity index (χ2n) is 5.83. The SMILES string of the molecule is CC(C)C1(C2C=CC=CC=C2)N=C(c2ccccc2)OC1=O. The molecule has 0 saturated heterocycles. The molecular formula is C19H19NO2. The van der Waals surface area contributed by atoms with Crippen LogP contribution in [0.5, 0.6) is 0 Å². The number of ether oxygens (including phenoxy) is 1. The number of esters is 1. The maximum Gasteiger partial charge on any atom is 0.342 e. The molecule has 0 amide bonds. The number of hydrogen-bond donors (Lipinski definition) is 0. The largest absolute Gasteiger partial charge is 0.405 e. The van der Waals surface area contributed by atoms with Gasteiger partial charge in [0.2, 0.25) is 5.90 Å². The molecule has 1 unspecified atom stereocenters. The second-order valence-corrected chi connectivity index (χ2v) is 5.83. The summed E-state index contributed by atoms with van der Waals surface area (Å²) in [5.41, 5.74) is -0.0671. The van der Waals surface area contributed by atoms with Gasteiger partial charge in [-0.3, -0.25) is 0 Å². The lowest BCUT2D eigenvalue weighted by atomic mass is 9.75. The summed E-state index contributed by atoms with van der Waals surface area (Å²) in [6.45, 7) is 4.03. The molecule has 0 N–H and O–H groups in total. The summed E-state index contributed by atoms with van der Waals surface area (Å²) in [6, 6.07) is 9.57. The molecule has 22 heavy (non-hydrogen) atoms. The molecule has 0 spiro atoms. The van der Waals surface area contributed by atoms with Crippen molar-refractivity contribution in [1.29, 1.82) is 0 Å². The summed E-state index contributed by atoms with van der Waals surface area (Å²) in [4.78, 5) is 17.5. The van der Waals surface area contributed by atoms with E-state index >= 15 is 0 Å². The van der Waals surface area contributed by atoms with Gasteiger partial charge >= 0.3 is 5.97 Å². The van der Waals surface area contributed by atoms with Gasteiger partial charge in [0, 0.05) is 11.5 Å². The highest BCUT2D eigenvalue weighted by molar-refractivity contribution is 6.08. The van der Waals surface area contributed by atoms with Crippen LogP contribution in [0.3, 0.4) is 0 Å². The van der Waals surface area contributed by atoms with Gasteiger partial charge < -0.3 is 4.74 Å². The maximum absolute atomic E-state index is 12.7. The molecule has 0 fully saturated rings. The van der Waals surface area contributed by atoms with Gasteiger partial charge in [0.1, 0.15) is 0 Å². The van der Waals surface area contributed by atoms with Gasteiger partial charge in [0.25, 0.3) is 0 Å². The van der Waals surface area contributed by atoms with Crippen LogP contribution in [0.2, 0.25) is 0 Å². The van der Waals surface area contributed by atoms with Crippen LogP contribution < -0.4 is 0 Å². The van der Waals surface area contributed by atoms with Gasteiger partial charge in [-0.2, -0.15) is 0 Å². The zero-order valence-electron chi connectivity index (χ0n) is 12.8. The fraction of sp³-hybridized carbons (Fsp3) is 0.263. The predicted octanol–water partition coefficient (Wildman–Crippen LogP) is 3.68. The highest BCUT2D eigenvalue weighted by Gasteiger charge is 2.52. The highest BCUT2D eigenvalue weighted by atomic mass is 16.6. The third-order valence-corrected chi connectivity index (χ3v) is 4.18. The van der Waals surface area contributed by atoms with Crippen LogP contribution in [0, 0.1) is 11.8 Å². The molecule has 3 rings (SSSR count). The normalized spacial score (nSPS) is 24.5. The number of aliphatic imine (C=N–C) groups is 1. The van der Waals surface area contributed by atoms with E-state index in [2.05, 4.69) is 0 Å². The molecule has 1 aliphatic heterocycles. The van der Waals surface area contributed by atoms with E-state index in [0.29, 0.717) is 5.90 Å². The molecule has 2 aliphatic rings. The molecule has 1 aromatic carbocycles. The van der Waals surface area contributed by atoms with E-state index in [-0.39, 0.29) is 17.8 Å². The van der Waals surface area contributed by atoms with Crippen molar-refractivity contribution in [3.8, 4) is 0 Å². The average molecular weight is 293 g/mol. The van der Waals surface area contributed by atoms with E-state index in [9.17, 15) is 4.79 Å². The maximum atomic E-state index is 12.7. The standard InChI is InChI=1S/C19H19NO2/c1-14(2)19(16-12-8-3-4-9-13-16)18(21)22-17(20-19)15-10-6-5-7-11-15/h3-14,16H,1-2H3. The highest BCUT2D eigenvalue weighted by Crippen LogP contribution is 2.39. The zero-order valence-corrected chi connectivity index (χ0v) is 12.8. The molecule has 1 aliphatic carbocycles. The van der Waals surface area contributed by atoms with E-state index in [1.165, 1.54) is 0 Å². The van der Waals surface area contributed by atoms with Crippen molar-refractivity contribution >= 4 is 11.9 Å². The molecule has 0 aromatic heterocycles. The number of hydrogen-bond acceptors (Lipinski definition) is 3. The smallest absolute Gasteiger partial charge is 0.342 e. The third-order valence-electron chi connectivity index (χ3n) is 4.18. The minimum atomic E-state index is -0.899. The minimum Gasteiger partial charge on any atom is -0.405 e. The molecule has 1 aromatic rings. The first-order chi connectivity index (χ1) is 10.6. The molecule has 112 valence electrons. The average Bonchev–Trinajstić information content (AvgIpc) is 2.71. The molecule has 3 heteroatoms. The number of rotatable bonds is 3. The lowest BCUT2D eigenvalue weighted by molar-refractivity contribution is -0.141. The van der Waals surface area contributed by atoms with E-state index in [0.717, 1.165) is 5.56 Å². The van der Waals surface area contributed by atoms with Crippen LogP contribution in [0.25, 0.3) is 0 Å². The van der Waals surface area contributed by atoms with Crippen LogP contribution in [-0.4, -0.2) is 17.4 Å². The van der Waals surface area contributed by atoms with Crippen molar-refractivity contribution in [1.82, 2.24) is 0 Å². The first-order valence-corrected chi connectivity index (χ1v) is 7.54. The van der Waals surface area contributed by atoms with Crippen molar-refractivity contribution in [3.63, 3.8) is 0 Å². The van der Waals surface area contributed by atoms with Crippen LogP contribution in [0.4, 0.5) is 0 Å². The Kier molecular flexibility index (Phi) is 3.80. The van der Waals surface area contributed by atoms with Crippen LogP contribution in [0.1, 0.15) is 19.4 Å². The summed E-state index contributed by atoms with van der Waals surface area (Å²) in [5, 5.41) is 0. The second kappa shape index (κ2) is 5.76. The van der Waals surface area contributed by atoms with Gasteiger partial charge in [-0.1, -0.05) is 68.5 Å². The van der Waals surface area contributed by atoms with Crippen LogP contribution in [0.15, 0.2) is 71.8 Å². The number of allylic oxidation sites excluding steroid dienone is 4. The van der Waals surface area contributed by atoms with E-state index < -0.39 is 5.54 Å². The monoisotopic (exact) mass is 293 g/mol. The fourth-order valence-corrected chi connectivity index (χ4v) is 2.92. The molecule has 0 bridgehead atoms. The Morgan fingerprint density at radius 1 is 1.05 bits per heavy atom. The quantitative estimate of drug-likeness (QED) is 0.797. The summed E-state index contributed by atoms with van der Waals surface area (Å²) in [6.07, 6.45) is 11.8. The number of carbonyl (C=O) groups excluding carboxylic acids is 1. The molecule has 3 nitrogen and oxygen atoms in total. The first kappa shape index (κ1) is 14.5. The Bertz CT molecular complexity index is 667. The van der Waals surface area contributed by atoms with Gasteiger partial charge in [0.05, 0.1) is 0 Å². The molecule has 0 saturated carbocycles. The summed E-state index contributed by atoms with van der Waals surface area (Å²) in [7, 11) is 0. The Labute approximate surface area is 130 Å². The Morgan fingerprint density at radius 2 is 1.68 bits per heavy atom. The van der Waals surface area contributed by atoms with Crippen molar-refractivity contribution in [2.45, 2.75) is 19.4 Å². The first-order valence-electron chi connectivity index (χ1n) is 7.54. The Balaban J connectivity index is 2.07. The lowest BCUT2D eigenvalue weighted by Crippen LogP contribution is -2.45. The van der Waals surface area contributed by atoms with Gasteiger partial charge in [-0.15, -0.1) is 0 Å². The minimum absolute atomic E-state index is 0.0265. The molecule has 0 radical (unpaired) electrons. The Morgan fingerprint density at radius 3 is 2.27 bits per heavy atom. The molecular weight excluding hydrogens is 274 g/mol. The lowest BCUT2D eigenvalue weighted by Gasteiger charge is -2.31. The number of carbonyl (C=O) groups is 1. The molecule has 1 heterocycles. The summed E-state index contributed by atoms with van der Waals surface area (Å²) in [5.74, 6) is 0.0516. The predicted molar refractivity (Wildman–Crippen MR) is 87.6 cm³/mol. The fourth-order valence-electron chi connectivity index (χ4n) is 2.92.